The molecular formula is C17H22N2. The third-order valence-electron chi connectivity index (χ3n) is 3.54. The number of nitrogens with two attached hydrogens (primary N) is 2. The Hall–Kier alpha value is -1.64. The molecule has 19 heavy (non-hydrogen) atoms. The summed E-state index contributed by atoms with van der Waals surface area (Å²) >= 11 is 0. The van der Waals surface area contributed by atoms with Gasteiger partial charge < -0.3 is 11.5 Å². The zero-order valence-corrected chi connectivity index (χ0v) is 11.6. The van der Waals surface area contributed by atoms with E-state index in [2.05, 4.69) is 50.2 Å². The maximum absolute atomic E-state index is 6.30. The Kier molecular flexibility index (Phi) is 4.35. The molecule has 2 aromatic rings. The van der Waals surface area contributed by atoms with Gasteiger partial charge in [-0.15, -0.1) is 0 Å². The molecule has 0 aromatic heterocycles. The van der Waals surface area contributed by atoms with Crippen molar-refractivity contribution in [3.63, 3.8) is 0 Å². The summed E-state index contributed by atoms with van der Waals surface area (Å²) in [6, 6.07) is 16.7. The summed E-state index contributed by atoms with van der Waals surface area (Å²) in [6.45, 7) is 4.96. The van der Waals surface area contributed by atoms with E-state index in [1.54, 1.807) is 0 Å². The highest BCUT2D eigenvalue weighted by atomic mass is 14.6. The molecule has 2 nitrogen and oxygen atoms in total. The summed E-state index contributed by atoms with van der Waals surface area (Å²) in [6.07, 6.45) is 0. The lowest BCUT2D eigenvalue weighted by Crippen LogP contribution is -2.12. The standard InChI is InChI=1S/C17H22N2/c1-12(2)14-7-9-16(10-8-14)17(19)15-5-3-13(11-18)4-6-15/h3-10,12,17H,11,18-19H2,1-2H3. The molecule has 0 heterocycles. The monoisotopic (exact) mass is 254 g/mol. The molecular weight excluding hydrogens is 232 g/mol. The van der Waals surface area contributed by atoms with Gasteiger partial charge in [0.15, 0.2) is 0 Å². The van der Waals surface area contributed by atoms with Gasteiger partial charge >= 0.3 is 0 Å². The van der Waals surface area contributed by atoms with Crippen LogP contribution in [0.4, 0.5) is 0 Å². The van der Waals surface area contributed by atoms with Crippen molar-refractivity contribution in [1.82, 2.24) is 0 Å². The molecule has 0 aliphatic rings. The second kappa shape index (κ2) is 6.00. The van der Waals surface area contributed by atoms with Crippen molar-refractivity contribution >= 4 is 0 Å². The summed E-state index contributed by atoms with van der Waals surface area (Å²) in [4.78, 5) is 0. The molecule has 0 saturated carbocycles. The molecule has 0 radical (unpaired) electrons. The molecule has 2 heteroatoms. The number of hydrogen-bond donors (Lipinski definition) is 2. The van der Waals surface area contributed by atoms with Crippen LogP contribution >= 0.6 is 0 Å². The molecule has 0 spiro atoms. The van der Waals surface area contributed by atoms with Crippen LogP contribution in [-0.4, -0.2) is 0 Å². The van der Waals surface area contributed by atoms with Crippen LogP contribution in [0.15, 0.2) is 48.5 Å². The van der Waals surface area contributed by atoms with E-state index in [9.17, 15) is 0 Å². The van der Waals surface area contributed by atoms with Crippen LogP contribution in [0.5, 0.6) is 0 Å². The van der Waals surface area contributed by atoms with Gasteiger partial charge in [0.05, 0.1) is 6.04 Å². The van der Waals surface area contributed by atoms with Crippen LogP contribution in [-0.2, 0) is 6.54 Å². The molecule has 1 atom stereocenters. The summed E-state index contributed by atoms with van der Waals surface area (Å²) < 4.78 is 0. The first-order valence-electron chi connectivity index (χ1n) is 6.76. The Morgan fingerprint density at radius 3 is 1.63 bits per heavy atom. The van der Waals surface area contributed by atoms with Crippen molar-refractivity contribution < 1.29 is 0 Å². The van der Waals surface area contributed by atoms with Crippen LogP contribution in [0, 0.1) is 0 Å². The lowest BCUT2D eigenvalue weighted by molar-refractivity contribution is 0.847. The molecule has 0 amide bonds. The Balaban J connectivity index is 2.20. The van der Waals surface area contributed by atoms with E-state index >= 15 is 0 Å². The van der Waals surface area contributed by atoms with E-state index in [0.717, 1.165) is 16.7 Å². The molecule has 0 bridgehead atoms. The van der Waals surface area contributed by atoms with Gasteiger partial charge in [-0.3, -0.25) is 0 Å². The molecule has 0 aliphatic carbocycles. The fourth-order valence-electron chi connectivity index (χ4n) is 2.14. The Morgan fingerprint density at radius 1 is 0.789 bits per heavy atom. The summed E-state index contributed by atoms with van der Waals surface area (Å²) in [5, 5.41) is 0. The average Bonchev–Trinajstić information content (AvgIpc) is 2.46. The topological polar surface area (TPSA) is 52.0 Å². The van der Waals surface area contributed by atoms with Crippen LogP contribution in [0.25, 0.3) is 0 Å². The molecule has 4 N–H and O–H groups in total. The van der Waals surface area contributed by atoms with Crippen molar-refractivity contribution in [3.8, 4) is 0 Å². The first-order chi connectivity index (χ1) is 9.11. The first-order valence-corrected chi connectivity index (χ1v) is 6.76. The maximum Gasteiger partial charge on any atom is 0.0551 e. The predicted octanol–water partition coefficient (Wildman–Crippen LogP) is 3.32. The van der Waals surface area contributed by atoms with Crippen molar-refractivity contribution in [3.05, 3.63) is 70.8 Å². The maximum atomic E-state index is 6.30. The van der Waals surface area contributed by atoms with Gasteiger partial charge in [-0.1, -0.05) is 62.4 Å². The van der Waals surface area contributed by atoms with Crippen LogP contribution in [0.2, 0.25) is 0 Å². The minimum Gasteiger partial charge on any atom is -0.326 e. The largest absolute Gasteiger partial charge is 0.326 e. The number of benzene rings is 2. The second-order valence-corrected chi connectivity index (χ2v) is 5.24. The van der Waals surface area contributed by atoms with E-state index in [4.69, 9.17) is 11.5 Å². The van der Waals surface area contributed by atoms with E-state index in [1.165, 1.54) is 5.56 Å². The highest BCUT2D eigenvalue weighted by Crippen LogP contribution is 2.22. The fourth-order valence-corrected chi connectivity index (χ4v) is 2.14. The average molecular weight is 254 g/mol. The van der Waals surface area contributed by atoms with E-state index in [1.807, 2.05) is 12.1 Å². The first kappa shape index (κ1) is 13.8. The van der Waals surface area contributed by atoms with Gasteiger partial charge in [-0.25, -0.2) is 0 Å². The van der Waals surface area contributed by atoms with Crippen LogP contribution < -0.4 is 11.5 Å². The quantitative estimate of drug-likeness (QED) is 0.879. The number of hydrogen-bond acceptors (Lipinski definition) is 2. The zero-order valence-electron chi connectivity index (χ0n) is 11.6. The highest BCUT2D eigenvalue weighted by Gasteiger charge is 2.09. The van der Waals surface area contributed by atoms with Gasteiger partial charge in [-0.05, 0) is 28.2 Å². The third-order valence-corrected chi connectivity index (χ3v) is 3.54. The van der Waals surface area contributed by atoms with Gasteiger partial charge in [0.25, 0.3) is 0 Å². The molecule has 0 saturated heterocycles. The predicted molar refractivity (Wildman–Crippen MR) is 80.9 cm³/mol. The molecule has 2 aromatic carbocycles. The van der Waals surface area contributed by atoms with E-state index in [0.29, 0.717) is 12.5 Å². The minimum atomic E-state index is -0.0759. The number of rotatable bonds is 4. The highest BCUT2D eigenvalue weighted by molar-refractivity contribution is 5.35. The van der Waals surface area contributed by atoms with Crippen LogP contribution in [0.1, 0.15) is 48.1 Å². The van der Waals surface area contributed by atoms with Gasteiger partial charge in [0.2, 0.25) is 0 Å². The van der Waals surface area contributed by atoms with Crippen LogP contribution in [0.3, 0.4) is 0 Å². The summed E-state index contributed by atoms with van der Waals surface area (Å²) in [7, 11) is 0. The third kappa shape index (κ3) is 3.22. The molecule has 100 valence electrons. The fraction of sp³-hybridized carbons (Fsp3) is 0.294. The second-order valence-electron chi connectivity index (χ2n) is 5.24. The zero-order chi connectivity index (χ0) is 13.8. The van der Waals surface area contributed by atoms with Crippen molar-refractivity contribution in [1.29, 1.82) is 0 Å². The van der Waals surface area contributed by atoms with Crippen molar-refractivity contribution in [2.75, 3.05) is 0 Å². The summed E-state index contributed by atoms with van der Waals surface area (Å²) in [5.41, 5.74) is 16.6. The SMILES string of the molecule is CC(C)c1ccc(C(N)c2ccc(CN)cc2)cc1. The van der Waals surface area contributed by atoms with E-state index < -0.39 is 0 Å². The summed E-state index contributed by atoms with van der Waals surface area (Å²) in [5.74, 6) is 0.550. The van der Waals surface area contributed by atoms with Gasteiger partial charge in [0, 0.05) is 6.54 Å². The Morgan fingerprint density at radius 2 is 1.21 bits per heavy atom. The van der Waals surface area contributed by atoms with Gasteiger partial charge in [-0.2, -0.15) is 0 Å². The van der Waals surface area contributed by atoms with Gasteiger partial charge in [0.1, 0.15) is 0 Å². The minimum absolute atomic E-state index is 0.0759. The Labute approximate surface area is 115 Å². The lowest BCUT2D eigenvalue weighted by Gasteiger charge is -2.14. The van der Waals surface area contributed by atoms with Crippen molar-refractivity contribution in [2.45, 2.75) is 32.4 Å². The van der Waals surface area contributed by atoms with E-state index in [-0.39, 0.29) is 6.04 Å². The molecule has 0 aliphatic heterocycles. The van der Waals surface area contributed by atoms with Crippen molar-refractivity contribution in [2.24, 2.45) is 11.5 Å². The molecule has 2 rings (SSSR count). The smallest absolute Gasteiger partial charge is 0.0551 e. The molecule has 0 fully saturated rings. The lowest BCUT2D eigenvalue weighted by atomic mass is 9.95. The Bertz CT molecular complexity index is 512. The normalized spacial score (nSPS) is 12.7. The molecule has 1 unspecified atom stereocenters.